The van der Waals surface area contributed by atoms with Crippen LogP contribution in [0.2, 0.25) is 0 Å². The summed E-state index contributed by atoms with van der Waals surface area (Å²) in [7, 11) is 2.52. The molecule has 198 valence electrons. The van der Waals surface area contributed by atoms with Crippen LogP contribution in [-0.2, 0) is 19.1 Å². The van der Waals surface area contributed by atoms with Gasteiger partial charge in [0.1, 0.15) is 0 Å². The molecule has 0 radical (unpaired) electrons. The lowest BCUT2D eigenvalue weighted by Gasteiger charge is -2.32. The number of nitrogens with zero attached hydrogens (tertiary/aromatic N) is 2. The van der Waals surface area contributed by atoms with E-state index in [1.54, 1.807) is 0 Å². The number of hydrogen-bond donors (Lipinski definition) is 0. The first-order valence-corrected chi connectivity index (χ1v) is 12.8. The first kappa shape index (κ1) is 26.0. The average molecular weight is 523 g/mol. The van der Waals surface area contributed by atoms with Gasteiger partial charge in [0.15, 0.2) is 12.1 Å². The molecule has 7 nitrogen and oxygen atoms in total. The second kappa shape index (κ2) is 11.0. The summed E-state index contributed by atoms with van der Waals surface area (Å²) in [5.74, 6) is -1.38. The second-order valence-electron chi connectivity index (χ2n) is 9.50. The van der Waals surface area contributed by atoms with Gasteiger partial charge in [0.2, 0.25) is 0 Å². The fourth-order valence-corrected chi connectivity index (χ4v) is 5.63. The van der Waals surface area contributed by atoms with E-state index in [-0.39, 0.29) is 0 Å². The Bertz CT molecular complexity index is 1450. The van der Waals surface area contributed by atoms with Gasteiger partial charge in [-0.1, -0.05) is 103 Å². The van der Waals surface area contributed by atoms with E-state index in [2.05, 4.69) is 0 Å². The summed E-state index contributed by atoms with van der Waals surface area (Å²) in [6.07, 6.45) is 0. The van der Waals surface area contributed by atoms with Crippen molar-refractivity contribution < 1.29 is 23.9 Å². The summed E-state index contributed by atoms with van der Waals surface area (Å²) in [4.78, 5) is 44.3. The highest BCUT2D eigenvalue weighted by atomic mass is 16.5. The van der Waals surface area contributed by atoms with Gasteiger partial charge in [0, 0.05) is 0 Å². The van der Waals surface area contributed by atoms with Gasteiger partial charge in [-0.25, -0.2) is 14.4 Å². The number of hydrogen-bond acceptors (Lipinski definition) is 5. The monoisotopic (exact) mass is 522 g/mol. The summed E-state index contributed by atoms with van der Waals surface area (Å²) in [6.45, 7) is 1.87. The first-order chi connectivity index (χ1) is 19.0. The van der Waals surface area contributed by atoms with Crippen LogP contribution in [0.5, 0.6) is 0 Å². The topological polar surface area (TPSA) is 76.2 Å². The molecule has 39 heavy (non-hydrogen) atoms. The summed E-state index contributed by atoms with van der Waals surface area (Å²) in [5, 5.41) is 1.97. The molecule has 1 fully saturated rings. The third kappa shape index (κ3) is 4.61. The van der Waals surface area contributed by atoms with Crippen LogP contribution in [0.1, 0.15) is 35.7 Å². The van der Waals surface area contributed by atoms with Crippen LogP contribution in [0, 0.1) is 0 Å². The summed E-state index contributed by atoms with van der Waals surface area (Å²) in [6, 6.07) is 28.5. The molecule has 3 atom stereocenters. The zero-order valence-corrected chi connectivity index (χ0v) is 22.1. The minimum Gasteiger partial charge on any atom is -0.467 e. The molecule has 1 aliphatic heterocycles. The molecule has 0 aromatic heterocycles. The summed E-state index contributed by atoms with van der Waals surface area (Å²) < 4.78 is 10.4. The van der Waals surface area contributed by atoms with Gasteiger partial charge in [0.05, 0.1) is 26.3 Å². The lowest BCUT2D eigenvalue weighted by Crippen LogP contribution is -2.50. The van der Waals surface area contributed by atoms with E-state index in [1.807, 2.05) is 110 Å². The van der Waals surface area contributed by atoms with Gasteiger partial charge in [-0.15, -0.1) is 0 Å². The van der Waals surface area contributed by atoms with Gasteiger partial charge in [0.25, 0.3) is 0 Å². The lowest BCUT2D eigenvalue weighted by molar-refractivity contribution is -0.155. The van der Waals surface area contributed by atoms with Crippen molar-refractivity contribution in [1.82, 2.24) is 9.80 Å². The third-order valence-electron chi connectivity index (χ3n) is 7.43. The highest BCUT2D eigenvalue weighted by molar-refractivity contribution is 5.98. The van der Waals surface area contributed by atoms with E-state index in [1.165, 1.54) is 24.0 Å². The SMILES string of the molecule is COC(=O)C1C(C(=O)OC)N([C@H](C)c2cccc3ccccc23)C(=O)N1C(c1ccccc1)c1ccccc1. The van der Waals surface area contributed by atoms with E-state index in [0.29, 0.717) is 0 Å². The standard InChI is InChI=1S/C32H30N2O5/c1-21(25-20-12-18-22-13-10-11-19-26(22)25)33-28(30(35)38-2)29(31(36)39-3)34(32(33)37)27(23-14-6-4-7-15-23)24-16-8-5-9-17-24/h4-21,27-29H,1-3H3/t21-,28?,29?/m1/s1. The molecule has 5 rings (SSSR count). The predicted octanol–water partition coefficient (Wildman–Crippen LogP) is 5.51. The maximum absolute atomic E-state index is 14.5. The average Bonchev–Trinajstić information content (AvgIpc) is 3.29. The molecule has 0 saturated carbocycles. The van der Waals surface area contributed by atoms with Crippen LogP contribution in [0.3, 0.4) is 0 Å². The molecule has 0 spiro atoms. The Kier molecular flexibility index (Phi) is 7.32. The predicted molar refractivity (Wildman–Crippen MR) is 148 cm³/mol. The van der Waals surface area contributed by atoms with Crippen molar-refractivity contribution in [2.45, 2.75) is 31.1 Å². The number of ether oxygens (including phenoxy) is 2. The van der Waals surface area contributed by atoms with Gasteiger partial charge >= 0.3 is 18.0 Å². The van der Waals surface area contributed by atoms with Crippen LogP contribution < -0.4 is 0 Å². The Morgan fingerprint density at radius 2 is 1.15 bits per heavy atom. The lowest BCUT2D eigenvalue weighted by atomic mass is 9.95. The number of urea groups is 1. The fraction of sp³-hybridized carbons (Fsp3) is 0.219. The minimum atomic E-state index is -1.24. The molecule has 0 bridgehead atoms. The minimum absolute atomic E-state index is 0.459. The quantitative estimate of drug-likeness (QED) is 0.299. The third-order valence-corrected chi connectivity index (χ3v) is 7.43. The fourth-order valence-electron chi connectivity index (χ4n) is 5.63. The van der Waals surface area contributed by atoms with Crippen molar-refractivity contribution in [2.75, 3.05) is 14.2 Å². The molecule has 0 aliphatic carbocycles. The molecule has 1 saturated heterocycles. The maximum atomic E-state index is 14.5. The Labute approximate surface area is 227 Å². The normalized spacial score (nSPS) is 17.9. The number of amides is 2. The maximum Gasteiger partial charge on any atom is 0.331 e. The molecule has 1 heterocycles. The molecule has 2 amide bonds. The Balaban J connectivity index is 1.71. The molecular weight excluding hydrogens is 492 g/mol. The number of rotatable bonds is 7. The van der Waals surface area contributed by atoms with Gasteiger partial charge in [-0.2, -0.15) is 0 Å². The summed E-state index contributed by atoms with van der Waals surface area (Å²) >= 11 is 0. The van der Waals surface area contributed by atoms with Gasteiger partial charge in [-0.3, -0.25) is 4.90 Å². The highest BCUT2D eigenvalue weighted by Gasteiger charge is 2.58. The van der Waals surface area contributed by atoms with E-state index >= 15 is 0 Å². The number of carbonyl (C=O) groups excluding carboxylic acids is 3. The molecule has 2 unspecified atom stereocenters. The smallest absolute Gasteiger partial charge is 0.331 e. The van der Waals surface area contributed by atoms with Crippen LogP contribution in [0.4, 0.5) is 4.79 Å². The zero-order chi connectivity index (χ0) is 27.5. The van der Waals surface area contributed by atoms with E-state index in [0.717, 1.165) is 27.5 Å². The van der Waals surface area contributed by atoms with Crippen molar-refractivity contribution in [3.05, 3.63) is 120 Å². The molecule has 7 heteroatoms. The van der Waals surface area contributed by atoms with Crippen LogP contribution >= 0.6 is 0 Å². The summed E-state index contributed by atoms with van der Waals surface area (Å²) in [5.41, 5.74) is 2.46. The molecule has 1 aliphatic rings. The molecular formula is C32H30N2O5. The largest absolute Gasteiger partial charge is 0.467 e. The molecule has 4 aromatic rings. The van der Waals surface area contributed by atoms with Gasteiger partial charge in [-0.05, 0) is 34.4 Å². The Morgan fingerprint density at radius 3 is 1.72 bits per heavy atom. The van der Waals surface area contributed by atoms with E-state index < -0.39 is 42.1 Å². The molecule has 0 N–H and O–H groups in total. The first-order valence-electron chi connectivity index (χ1n) is 12.8. The second-order valence-corrected chi connectivity index (χ2v) is 9.50. The van der Waals surface area contributed by atoms with Crippen molar-refractivity contribution in [1.29, 1.82) is 0 Å². The Hall–Kier alpha value is -4.65. The van der Waals surface area contributed by atoms with Crippen LogP contribution in [-0.4, -0.2) is 54.1 Å². The van der Waals surface area contributed by atoms with E-state index in [9.17, 15) is 14.4 Å². The van der Waals surface area contributed by atoms with Crippen LogP contribution in [0.25, 0.3) is 10.8 Å². The number of esters is 2. The number of benzene rings is 4. The van der Waals surface area contributed by atoms with Gasteiger partial charge < -0.3 is 14.4 Å². The van der Waals surface area contributed by atoms with Crippen molar-refractivity contribution >= 4 is 28.7 Å². The van der Waals surface area contributed by atoms with Crippen molar-refractivity contribution in [3.63, 3.8) is 0 Å². The molecule has 4 aromatic carbocycles. The van der Waals surface area contributed by atoms with Crippen molar-refractivity contribution in [3.8, 4) is 0 Å². The Morgan fingerprint density at radius 1 is 0.667 bits per heavy atom. The van der Waals surface area contributed by atoms with E-state index in [4.69, 9.17) is 9.47 Å². The number of fused-ring (bicyclic) bond motifs is 1. The number of methoxy groups -OCH3 is 2. The zero-order valence-electron chi connectivity index (χ0n) is 22.1. The van der Waals surface area contributed by atoms with Crippen LogP contribution in [0.15, 0.2) is 103 Å². The number of carbonyl (C=O) groups is 3. The van der Waals surface area contributed by atoms with Crippen molar-refractivity contribution in [2.24, 2.45) is 0 Å². The highest BCUT2D eigenvalue weighted by Crippen LogP contribution is 2.42.